The first-order valence-corrected chi connectivity index (χ1v) is 10.2. The number of carbonyl (C=O) groups excluding carboxylic acids is 1. The summed E-state index contributed by atoms with van der Waals surface area (Å²) in [5.41, 5.74) is 2.19. The van der Waals surface area contributed by atoms with Gasteiger partial charge in [0, 0.05) is 22.7 Å². The van der Waals surface area contributed by atoms with Crippen LogP contribution in [0.2, 0.25) is 5.02 Å². The molecule has 0 unspecified atom stereocenters. The third-order valence-electron chi connectivity index (χ3n) is 4.83. The number of rotatable bonds is 7. The number of methoxy groups -OCH3 is 2. The Morgan fingerprint density at radius 3 is 2.38 bits per heavy atom. The highest BCUT2D eigenvalue weighted by Gasteiger charge is 2.19. The summed E-state index contributed by atoms with van der Waals surface area (Å²) in [6.45, 7) is 0.448. The summed E-state index contributed by atoms with van der Waals surface area (Å²) < 4.78 is 11.7. The SMILES string of the molecule is COc1ccc(-c2nc(NCc3ccc(Cl)cc3)n(C(=O)c3cccc(OC)c3)n2)cc1. The maximum atomic E-state index is 13.3. The van der Waals surface area contributed by atoms with Crippen molar-refractivity contribution in [2.24, 2.45) is 0 Å². The van der Waals surface area contributed by atoms with Crippen LogP contribution in [0.1, 0.15) is 15.9 Å². The minimum Gasteiger partial charge on any atom is -0.497 e. The van der Waals surface area contributed by atoms with Crippen molar-refractivity contribution in [1.82, 2.24) is 14.8 Å². The van der Waals surface area contributed by atoms with E-state index < -0.39 is 0 Å². The van der Waals surface area contributed by atoms with Crippen LogP contribution in [0.25, 0.3) is 11.4 Å². The molecule has 162 valence electrons. The van der Waals surface area contributed by atoms with E-state index in [2.05, 4.69) is 15.4 Å². The molecule has 0 aliphatic heterocycles. The Morgan fingerprint density at radius 1 is 0.969 bits per heavy atom. The van der Waals surface area contributed by atoms with Crippen LogP contribution in [0.15, 0.2) is 72.8 Å². The lowest BCUT2D eigenvalue weighted by Gasteiger charge is -2.08. The second kappa shape index (κ2) is 9.53. The summed E-state index contributed by atoms with van der Waals surface area (Å²) in [5.74, 6) is 1.74. The largest absolute Gasteiger partial charge is 0.497 e. The van der Waals surface area contributed by atoms with E-state index in [9.17, 15) is 4.79 Å². The Balaban J connectivity index is 1.68. The molecule has 1 aromatic heterocycles. The van der Waals surface area contributed by atoms with E-state index in [4.69, 9.17) is 21.1 Å². The van der Waals surface area contributed by atoms with Gasteiger partial charge in [0.2, 0.25) is 5.95 Å². The fraction of sp³-hybridized carbons (Fsp3) is 0.125. The minimum atomic E-state index is -0.324. The van der Waals surface area contributed by atoms with Crippen molar-refractivity contribution in [3.8, 4) is 22.9 Å². The topological polar surface area (TPSA) is 78.3 Å². The lowest BCUT2D eigenvalue weighted by Crippen LogP contribution is -2.17. The van der Waals surface area contributed by atoms with Crippen molar-refractivity contribution in [3.63, 3.8) is 0 Å². The molecule has 0 amide bonds. The molecule has 0 bridgehead atoms. The molecule has 32 heavy (non-hydrogen) atoms. The molecule has 1 heterocycles. The Labute approximate surface area is 190 Å². The average Bonchev–Trinajstić information content (AvgIpc) is 3.27. The molecule has 0 saturated heterocycles. The van der Waals surface area contributed by atoms with Gasteiger partial charge in [-0.15, -0.1) is 5.10 Å². The molecule has 4 rings (SSSR count). The van der Waals surface area contributed by atoms with Gasteiger partial charge >= 0.3 is 0 Å². The number of halogens is 1. The van der Waals surface area contributed by atoms with Gasteiger partial charge in [-0.05, 0) is 60.2 Å². The van der Waals surface area contributed by atoms with Crippen molar-refractivity contribution in [3.05, 3.63) is 88.9 Å². The molecule has 3 aromatic carbocycles. The lowest BCUT2D eigenvalue weighted by molar-refractivity contribution is 0.0947. The second-order valence-corrected chi connectivity index (χ2v) is 7.35. The van der Waals surface area contributed by atoms with Crippen molar-refractivity contribution < 1.29 is 14.3 Å². The summed E-state index contributed by atoms with van der Waals surface area (Å²) in [6.07, 6.45) is 0. The number of ether oxygens (including phenoxy) is 2. The smallest absolute Gasteiger partial charge is 0.281 e. The van der Waals surface area contributed by atoms with E-state index in [-0.39, 0.29) is 5.91 Å². The van der Waals surface area contributed by atoms with Gasteiger partial charge in [-0.25, -0.2) is 0 Å². The van der Waals surface area contributed by atoms with E-state index >= 15 is 0 Å². The molecule has 0 atom stereocenters. The van der Waals surface area contributed by atoms with Crippen LogP contribution in [0, 0.1) is 0 Å². The molecule has 8 heteroatoms. The predicted molar refractivity (Wildman–Crippen MR) is 124 cm³/mol. The van der Waals surface area contributed by atoms with E-state index in [0.717, 1.165) is 16.9 Å². The second-order valence-electron chi connectivity index (χ2n) is 6.92. The van der Waals surface area contributed by atoms with Gasteiger partial charge in [-0.1, -0.05) is 29.8 Å². The molecule has 7 nitrogen and oxygen atoms in total. The first kappa shape index (κ1) is 21.4. The standard InChI is InChI=1S/C24H21ClN4O3/c1-31-20-12-8-17(9-13-20)22-27-24(26-15-16-6-10-19(25)11-7-16)29(28-22)23(30)18-4-3-5-21(14-18)32-2/h3-14H,15H2,1-2H3,(H,26,27,28). The van der Waals surface area contributed by atoms with Crippen LogP contribution < -0.4 is 14.8 Å². The van der Waals surface area contributed by atoms with E-state index in [0.29, 0.717) is 34.7 Å². The molecular weight excluding hydrogens is 428 g/mol. The van der Waals surface area contributed by atoms with Crippen LogP contribution in [-0.4, -0.2) is 34.9 Å². The summed E-state index contributed by atoms with van der Waals surface area (Å²) in [7, 11) is 3.16. The third-order valence-corrected chi connectivity index (χ3v) is 5.08. The number of anilines is 1. The van der Waals surface area contributed by atoms with Crippen LogP contribution >= 0.6 is 11.6 Å². The van der Waals surface area contributed by atoms with E-state index in [1.54, 1.807) is 38.5 Å². The molecule has 0 aliphatic rings. The molecule has 0 aliphatic carbocycles. The number of benzene rings is 3. The molecule has 0 saturated carbocycles. The van der Waals surface area contributed by atoms with Crippen LogP contribution in [0.5, 0.6) is 11.5 Å². The van der Waals surface area contributed by atoms with Gasteiger partial charge in [0.15, 0.2) is 5.82 Å². The van der Waals surface area contributed by atoms with Crippen LogP contribution in [0.4, 0.5) is 5.95 Å². The van der Waals surface area contributed by atoms with Crippen molar-refractivity contribution in [2.75, 3.05) is 19.5 Å². The molecule has 4 aromatic rings. The number of hydrogen-bond acceptors (Lipinski definition) is 6. The van der Waals surface area contributed by atoms with Gasteiger partial charge < -0.3 is 14.8 Å². The molecule has 0 radical (unpaired) electrons. The number of nitrogens with one attached hydrogen (secondary N) is 1. The van der Waals surface area contributed by atoms with Crippen molar-refractivity contribution in [1.29, 1.82) is 0 Å². The Kier molecular flexibility index (Phi) is 6.37. The lowest BCUT2D eigenvalue weighted by atomic mass is 10.2. The average molecular weight is 449 g/mol. The monoisotopic (exact) mass is 448 g/mol. The predicted octanol–water partition coefficient (Wildman–Crippen LogP) is 4.92. The van der Waals surface area contributed by atoms with Gasteiger partial charge in [0.05, 0.1) is 14.2 Å². The Bertz CT molecular complexity index is 1220. The highest BCUT2D eigenvalue weighted by Crippen LogP contribution is 2.23. The number of carbonyl (C=O) groups is 1. The zero-order valence-corrected chi connectivity index (χ0v) is 18.3. The summed E-state index contributed by atoms with van der Waals surface area (Å²) in [4.78, 5) is 17.8. The first-order valence-electron chi connectivity index (χ1n) is 9.86. The molecule has 0 spiro atoms. The fourth-order valence-electron chi connectivity index (χ4n) is 3.09. The van der Waals surface area contributed by atoms with E-state index in [1.807, 2.05) is 48.5 Å². The number of aromatic nitrogens is 3. The van der Waals surface area contributed by atoms with Crippen LogP contribution in [0.3, 0.4) is 0 Å². The maximum Gasteiger partial charge on any atom is 0.281 e. The molecule has 1 N–H and O–H groups in total. The highest BCUT2D eigenvalue weighted by molar-refractivity contribution is 6.30. The summed E-state index contributed by atoms with van der Waals surface area (Å²) >= 11 is 5.97. The molecular formula is C24H21ClN4O3. The minimum absolute atomic E-state index is 0.324. The first-order chi connectivity index (χ1) is 15.6. The van der Waals surface area contributed by atoms with Gasteiger partial charge in [-0.2, -0.15) is 9.67 Å². The zero-order chi connectivity index (χ0) is 22.5. The zero-order valence-electron chi connectivity index (χ0n) is 17.6. The normalized spacial score (nSPS) is 10.6. The fourth-order valence-corrected chi connectivity index (χ4v) is 3.22. The van der Waals surface area contributed by atoms with Gasteiger partial charge in [0.25, 0.3) is 5.91 Å². The van der Waals surface area contributed by atoms with Gasteiger partial charge in [-0.3, -0.25) is 4.79 Å². The Morgan fingerprint density at radius 2 is 1.69 bits per heavy atom. The molecule has 0 fully saturated rings. The maximum absolute atomic E-state index is 13.3. The van der Waals surface area contributed by atoms with Crippen molar-refractivity contribution >= 4 is 23.5 Å². The summed E-state index contributed by atoms with van der Waals surface area (Å²) in [5, 5.41) is 8.35. The summed E-state index contributed by atoms with van der Waals surface area (Å²) in [6, 6.07) is 21.7. The third kappa shape index (κ3) is 4.73. The Hall–Kier alpha value is -3.84. The van der Waals surface area contributed by atoms with Crippen LogP contribution in [-0.2, 0) is 6.54 Å². The highest BCUT2D eigenvalue weighted by atomic mass is 35.5. The number of nitrogens with zero attached hydrogens (tertiary/aromatic N) is 3. The quantitative estimate of drug-likeness (QED) is 0.432. The van der Waals surface area contributed by atoms with Crippen molar-refractivity contribution in [2.45, 2.75) is 6.54 Å². The van der Waals surface area contributed by atoms with E-state index in [1.165, 1.54) is 4.68 Å². The van der Waals surface area contributed by atoms with Gasteiger partial charge in [0.1, 0.15) is 11.5 Å². The number of hydrogen-bond donors (Lipinski definition) is 1.